The highest BCUT2D eigenvalue weighted by Gasteiger charge is 2.11. The Morgan fingerprint density at radius 3 is 2.00 bits per heavy atom. The SMILES string of the molecule is CCCCCCCCN(CCCCCCCC)C(=S)Nc1cccc(OC(=O)NC)c1. The number of rotatable bonds is 16. The first-order valence-corrected chi connectivity index (χ1v) is 12.6. The van der Waals surface area contributed by atoms with Crippen molar-refractivity contribution in [2.75, 3.05) is 25.5 Å². The van der Waals surface area contributed by atoms with E-state index in [1.807, 2.05) is 12.1 Å². The summed E-state index contributed by atoms with van der Waals surface area (Å²) in [7, 11) is 1.54. The zero-order chi connectivity index (χ0) is 22.7. The number of carbonyl (C=O) groups excluding carboxylic acids is 1. The van der Waals surface area contributed by atoms with Gasteiger partial charge in [-0.2, -0.15) is 0 Å². The van der Waals surface area contributed by atoms with Crippen LogP contribution >= 0.6 is 12.2 Å². The summed E-state index contributed by atoms with van der Waals surface area (Å²) < 4.78 is 5.22. The lowest BCUT2D eigenvalue weighted by Crippen LogP contribution is -2.36. The Bertz CT molecular complexity index is 609. The average Bonchev–Trinajstić information content (AvgIpc) is 2.77. The van der Waals surface area contributed by atoms with E-state index in [-0.39, 0.29) is 0 Å². The molecule has 0 atom stereocenters. The molecule has 2 N–H and O–H groups in total. The third-order valence-electron chi connectivity index (χ3n) is 5.35. The normalized spacial score (nSPS) is 10.5. The van der Waals surface area contributed by atoms with Crippen molar-refractivity contribution in [3.63, 3.8) is 0 Å². The second-order valence-electron chi connectivity index (χ2n) is 8.12. The van der Waals surface area contributed by atoms with Gasteiger partial charge < -0.3 is 20.3 Å². The van der Waals surface area contributed by atoms with Gasteiger partial charge in [0.15, 0.2) is 5.11 Å². The zero-order valence-electron chi connectivity index (χ0n) is 19.9. The van der Waals surface area contributed by atoms with E-state index in [0.29, 0.717) is 5.75 Å². The molecule has 0 heterocycles. The number of anilines is 1. The van der Waals surface area contributed by atoms with Crippen LogP contribution in [0.1, 0.15) is 90.9 Å². The summed E-state index contributed by atoms with van der Waals surface area (Å²) in [4.78, 5) is 13.8. The van der Waals surface area contributed by atoms with Gasteiger partial charge in [0.25, 0.3) is 0 Å². The van der Waals surface area contributed by atoms with Crippen LogP contribution in [0.4, 0.5) is 10.5 Å². The van der Waals surface area contributed by atoms with Gasteiger partial charge in [0.1, 0.15) is 5.75 Å². The summed E-state index contributed by atoms with van der Waals surface area (Å²) in [6, 6.07) is 7.36. The van der Waals surface area contributed by atoms with E-state index in [2.05, 4.69) is 29.4 Å². The standard InChI is InChI=1S/C25H43N3O2S/c1-4-6-8-10-12-14-19-28(20-15-13-11-9-7-5-2)24(31)27-22-17-16-18-23(21-22)30-25(29)26-3/h16-18,21H,4-15,19-20H2,1-3H3,(H,26,29)(H,27,31). The molecule has 0 saturated heterocycles. The highest BCUT2D eigenvalue weighted by atomic mass is 32.1. The number of ether oxygens (including phenoxy) is 1. The lowest BCUT2D eigenvalue weighted by atomic mass is 10.1. The lowest BCUT2D eigenvalue weighted by molar-refractivity contribution is 0.203. The van der Waals surface area contributed by atoms with Crippen molar-refractivity contribution < 1.29 is 9.53 Å². The van der Waals surface area contributed by atoms with Crippen LogP contribution in [0.15, 0.2) is 24.3 Å². The van der Waals surface area contributed by atoms with E-state index in [4.69, 9.17) is 17.0 Å². The number of hydrogen-bond donors (Lipinski definition) is 2. The molecule has 0 saturated carbocycles. The summed E-state index contributed by atoms with van der Waals surface area (Å²) in [5.74, 6) is 0.491. The minimum atomic E-state index is -0.479. The summed E-state index contributed by atoms with van der Waals surface area (Å²) in [6.07, 6.45) is 14.8. The van der Waals surface area contributed by atoms with Crippen molar-refractivity contribution in [2.24, 2.45) is 0 Å². The monoisotopic (exact) mass is 449 g/mol. The Morgan fingerprint density at radius 2 is 1.45 bits per heavy atom. The van der Waals surface area contributed by atoms with E-state index in [9.17, 15) is 4.79 Å². The maximum absolute atomic E-state index is 11.5. The van der Waals surface area contributed by atoms with Crippen LogP contribution in [0.25, 0.3) is 0 Å². The average molecular weight is 450 g/mol. The van der Waals surface area contributed by atoms with Gasteiger partial charge in [-0.05, 0) is 37.2 Å². The van der Waals surface area contributed by atoms with E-state index < -0.39 is 6.09 Å². The number of amides is 1. The van der Waals surface area contributed by atoms with Crippen LogP contribution in [-0.2, 0) is 0 Å². The Hall–Kier alpha value is -1.82. The molecule has 1 amide bonds. The third kappa shape index (κ3) is 13.2. The second kappa shape index (κ2) is 17.8. The molecule has 1 rings (SSSR count). The van der Waals surface area contributed by atoms with Crippen molar-refractivity contribution in [1.82, 2.24) is 10.2 Å². The zero-order valence-corrected chi connectivity index (χ0v) is 20.7. The molecule has 176 valence electrons. The molecule has 0 bridgehead atoms. The molecule has 5 nitrogen and oxygen atoms in total. The fourth-order valence-corrected chi connectivity index (χ4v) is 3.78. The van der Waals surface area contributed by atoms with Crippen LogP contribution in [-0.4, -0.2) is 36.2 Å². The van der Waals surface area contributed by atoms with E-state index in [1.165, 1.54) is 77.0 Å². The number of nitrogens with one attached hydrogen (secondary N) is 2. The Labute approximate surface area is 195 Å². The van der Waals surface area contributed by atoms with Crippen molar-refractivity contribution in [3.8, 4) is 5.75 Å². The van der Waals surface area contributed by atoms with Crippen molar-refractivity contribution in [1.29, 1.82) is 0 Å². The largest absolute Gasteiger partial charge is 0.412 e. The smallest absolute Gasteiger partial charge is 0.410 e. The summed E-state index contributed by atoms with van der Waals surface area (Å²) >= 11 is 5.75. The molecule has 0 aliphatic rings. The van der Waals surface area contributed by atoms with Crippen LogP contribution in [0, 0.1) is 0 Å². The Morgan fingerprint density at radius 1 is 0.903 bits per heavy atom. The predicted molar refractivity (Wildman–Crippen MR) is 136 cm³/mol. The van der Waals surface area contributed by atoms with E-state index >= 15 is 0 Å². The van der Waals surface area contributed by atoms with Gasteiger partial charge in [0, 0.05) is 31.9 Å². The van der Waals surface area contributed by atoms with Crippen molar-refractivity contribution in [2.45, 2.75) is 90.9 Å². The number of carbonyl (C=O) groups is 1. The Balaban J connectivity index is 2.57. The van der Waals surface area contributed by atoms with Crippen LogP contribution in [0.3, 0.4) is 0 Å². The molecule has 0 radical (unpaired) electrons. The maximum Gasteiger partial charge on any atom is 0.412 e. The quantitative estimate of drug-likeness (QED) is 0.208. The van der Waals surface area contributed by atoms with Gasteiger partial charge >= 0.3 is 6.09 Å². The first kappa shape index (κ1) is 27.2. The number of thiocarbonyl (C=S) groups is 1. The van der Waals surface area contributed by atoms with Gasteiger partial charge in [-0.1, -0.05) is 84.1 Å². The predicted octanol–water partition coefficient (Wildman–Crippen LogP) is 7.12. The van der Waals surface area contributed by atoms with Gasteiger partial charge in [-0.15, -0.1) is 0 Å². The molecule has 31 heavy (non-hydrogen) atoms. The topological polar surface area (TPSA) is 53.6 Å². The van der Waals surface area contributed by atoms with Crippen LogP contribution < -0.4 is 15.4 Å². The minimum absolute atomic E-state index is 0.479. The second-order valence-corrected chi connectivity index (χ2v) is 8.51. The number of unbranched alkanes of at least 4 members (excludes halogenated alkanes) is 10. The number of hydrogen-bond acceptors (Lipinski definition) is 3. The molecule has 0 aliphatic carbocycles. The molecule has 1 aromatic carbocycles. The summed E-state index contributed by atoms with van der Waals surface area (Å²) in [5.41, 5.74) is 0.835. The van der Waals surface area contributed by atoms with Gasteiger partial charge in [0.05, 0.1) is 0 Å². The molecule has 0 unspecified atom stereocenters. The fraction of sp³-hybridized carbons (Fsp3) is 0.680. The third-order valence-corrected chi connectivity index (χ3v) is 5.71. The molecule has 0 aromatic heterocycles. The molecule has 1 aromatic rings. The molecule has 0 spiro atoms. The first-order chi connectivity index (χ1) is 15.1. The highest BCUT2D eigenvalue weighted by molar-refractivity contribution is 7.80. The van der Waals surface area contributed by atoms with Crippen molar-refractivity contribution >= 4 is 29.1 Å². The summed E-state index contributed by atoms with van der Waals surface area (Å²) in [5, 5.41) is 6.55. The van der Waals surface area contributed by atoms with E-state index in [1.54, 1.807) is 19.2 Å². The van der Waals surface area contributed by atoms with E-state index in [0.717, 1.165) is 23.9 Å². The molecule has 0 aliphatic heterocycles. The molecule has 6 heteroatoms. The van der Waals surface area contributed by atoms with Gasteiger partial charge in [-0.25, -0.2) is 4.79 Å². The first-order valence-electron chi connectivity index (χ1n) is 12.2. The minimum Gasteiger partial charge on any atom is -0.410 e. The Kier molecular flexibility index (Phi) is 15.6. The van der Waals surface area contributed by atoms with Crippen molar-refractivity contribution in [3.05, 3.63) is 24.3 Å². The maximum atomic E-state index is 11.5. The highest BCUT2D eigenvalue weighted by Crippen LogP contribution is 2.18. The summed E-state index contributed by atoms with van der Waals surface area (Å²) in [6.45, 7) is 6.48. The lowest BCUT2D eigenvalue weighted by Gasteiger charge is -2.26. The molecular formula is C25H43N3O2S. The fourth-order valence-electron chi connectivity index (χ4n) is 3.48. The molecule has 0 fully saturated rings. The molecular weight excluding hydrogens is 406 g/mol. The van der Waals surface area contributed by atoms with Crippen LogP contribution in [0.5, 0.6) is 5.75 Å². The number of benzene rings is 1. The number of nitrogens with zero attached hydrogens (tertiary/aromatic N) is 1. The van der Waals surface area contributed by atoms with Crippen LogP contribution in [0.2, 0.25) is 0 Å². The van der Waals surface area contributed by atoms with Gasteiger partial charge in [-0.3, -0.25) is 0 Å². The van der Waals surface area contributed by atoms with Gasteiger partial charge in [0.2, 0.25) is 0 Å².